The summed E-state index contributed by atoms with van der Waals surface area (Å²) < 4.78 is 5.64. The van der Waals surface area contributed by atoms with E-state index >= 15 is 0 Å². The monoisotopic (exact) mass is 257 g/mol. The molecule has 1 unspecified atom stereocenters. The number of ether oxygens (including phenoxy) is 1. The summed E-state index contributed by atoms with van der Waals surface area (Å²) in [4.78, 5) is 0. The summed E-state index contributed by atoms with van der Waals surface area (Å²) in [6, 6.07) is 0. The lowest BCUT2D eigenvalue weighted by atomic mass is 9.80. The fraction of sp³-hybridized carbons (Fsp3) is 0.933. The highest BCUT2D eigenvalue weighted by Gasteiger charge is 2.31. The maximum Gasteiger partial charge on any atom is 0.186 e. The van der Waals surface area contributed by atoms with Gasteiger partial charge >= 0.3 is 0 Å². The SMILES string of the molecule is CCCCC(C)(CCCC)C(=N)OC(CC)CO. The van der Waals surface area contributed by atoms with Crippen molar-refractivity contribution in [3.8, 4) is 0 Å². The summed E-state index contributed by atoms with van der Waals surface area (Å²) in [5.41, 5.74) is -0.158. The second-order valence-electron chi connectivity index (χ2n) is 5.43. The average molecular weight is 257 g/mol. The molecule has 0 radical (unpaired) electrons. The Kier molecular flexibility index (Phi) is 9.08. The standard InChI is InChI=1S/C15H31NO2/c1-5-8-10-15(4,11-9-6-2)14(16)18-13(7-3)12-17/h13,16-17H,5-12H2,1-4H3. The maximum absolute atomic E-state index is 9.17. The van der Waals surface area contributed by atoms with Gasteiger partial charge in [0.25, 0.3) is 0 Å². The predicted octanol–water partition coefficient (Wildman–Crippen LogP) is 4.14. The highest BCUT2D eigenvalue weighted by Crippen LogP contribution is 2.32. The maximum atomic E-state index is 9.17. The van der Waals surface area contributed by atoms with Gasteiger partial charge in [0.2, 0.25) is 0 Å². The topological polar surface area (TPSA) is 53.3 Å². The van der Waals surface area contributed by atoms with Crippen molar-refractivity contribution in [1.82, 2.24) is 0 Å². The first-order valence-electron chi connectivity index (χ1n) is 7.40. The molecule has 3 heteroatoms. The van der Waals surface area contributed by atoms with E-state index in [2.05, 4.69) is 20.8 Å². The van der Waals surface area contributed by atoms with Gasteiger partial charge in [-0.1, -0.05) is 53.4 Å². The Balaban J connectivity index is 4.56. The molecule has 2 N–H and O–H groups in total. The zero-order valence-corrected chi connectivity index (χ0v) is 12.6. The van der Waals surface area contributed by atoms with Crippen molar-refractivity contribution in [3.63, 3.8) is 0 Å². The van der Waals surface area contributed by atoms with Crippen LogP contribution in [0, 0.1) is 10.8 Å². The van der Waals surface area contributed by atoms with Crippen LogP contribution in [-0.2, 0) is 4.74 Å². The zero-order valence-electron chi connectivity index (χ0n) is 12.6. The summed E-state index contributed by atoms with van der Waals surface area (Å²) in [5, 5.41) is 17.4. The third kappa shape index (κ3) is 5.85. The van der Waals surface area contributed by atoms with Gasteiger partial charge in [0.1, 0.15) is 6.10 Å². The number of rotatable bonds is 10. The smallest absolute Gasteiger partial charge is 0.186 e. The molecule has 0 saturated carbocycles. The number of aliphatic hydroxyl groups excluding tert-OH is 1. The fourth-order valence-electron chi connectivity index (χ4n) is 2.04. The lowest BCUT2D eigenvalue weighted by molar-refractivity contribution is 0.0828. The van der Waals surface area contributed by atoms with Crippen molar-refractivity contribution >= 4 is 5.90 Å². The average Bonchev–Trinajstić information content (AvgIpc) is 2.39. The van der Waals surface area contributed by atoms with E-state index < -0.39 is 0 Å². The van der Waals surface area contributed by atoms with Crippen molar-refractivity contribution in [2.45, 2.75) is 78.7 Å². The molecule has 0 heterocycles. The first-order valence-corrected chi connectivity index (χ1v) is 7.40. The van der Waals surface area contributed by atoms with Crippen LogP contribution in [0.3, 0.4) is 0 Å². The van der Waals surface area contributed by atoms with Gasteiger partial charge in [-0.05, 0) is 19.3 Å². The van der Waals surface area contributed by atoms with Crippen LogP contribution in [-0.4, -0.2) is 23.7 Å². The molecule has 0 rings (SSSR count). The Bertz CT molecular complexity index is 217. The van der Waals surface area contributed by atoms with E-state index in [1.165, 1.54) is 0 Å². The highest BCUT2D eigenvalue weighted by molar-refractivity contribution is 5.79. The fourth-order valence-corrected chi connectivity index (χ4v) is 2.04. The van der Waals surface area contributed by atoms with Crippen LogP contribution in [0.4, 0.5) is 0 Å². The molecule has 0 aliphatic rings. The van der Waals surface area contributed by atoms with Gasteiger partial charge in [0, 0.05) is 5.41 Å². The number of unbranched alkanes of at least 4 members (excludes halogenated alkanes) is 2. The van der Waals surface area contributed by atoms with E-state index in [0.717, 1.165) is 44.9 Å². The molecule has 0 aromatic carbocycles. The summed E-state index contributed by atoms with van der Waals surface area (Å²) >= 11 is 0. The van der Waals surface area contributed by atoms with Gasteiger partial charge in [-0.25, -0.2) is 0 Å². The molecule has 0 bridgehead atoms. The summed E-state index contributed by atoms with van der Waals surface area (Å²) in [6.45, 7) is 8.45. The molecule has 0 aliphatic carbocycles. The third-order valence-corrected chi connectivity index (χ3v) is 3.66. The van der Waals surface area contributed by atoms with Crippen LogP contribution in [0.1, 0.15) is 72.6 Å². The minimum atomic E-state index is -0.222. The van der Waals surface area contributed by atoms with Gasteiger partial charge in [-0.3, -0.25) is 5.41 Å². The Hall–Kier alpha value is -0.570. The largest absolute Gasteiger partial charge is 0.475 e. The number of nitrogens with one attached hydrogen (secondary N) is 1. The Labute approximate surface area is 112 Å². The Morgan fingerprint density at radius 2 is 1.67 bits per heavy atom. The first kappa shape index (κ1) is 17.4. The van der Waals surface area contributed by atoms with Crippen LogP contribution in [0.15, 0.2) is 0 Å². The van der Waals surface area contributed by atoms with Crippen molar-refractivity contribution in [1.29, 1.82) is 5.41 Å². The van der Waals surface area contributed by atoms with E-state index in [9.17, 15) is 5.11 Å². The molecule has 108 valence electrons. The lowest BCUT2D eigenvalue weighted by Gasteiger charge is -2.31. The second kappa shape index (κ2) is 9.37. The molecular weight excluding hydrogens is 226 g/mol. The molecule has 0 fully saturated rings. The van der Waals surface area contributed by atoms with Crippen molar-refractivity contribution in [2.24, 2.45) is 5.41 Å². The molecule has 0 saturated heterocycles. The molecule has 0 spiro atoms. The molecular formula is C15H31NO2. The number of hydrogen-bond acceptors (Lipinski definition) is 3. The molecule has 3 nitrogen and oxygen atoms in total. The third-order valence-electron chi connectivity index (χ3n) is 3.66. The Morgan fingerprint density at radius 1 is 1.17 bits per heavy atom. The van der Waals surface area contributed by atoms with E-state index in [1.807, 2.05) is 6.92 Å². The van der Waals surface area contributed by atoms with E-state index in [1.54, 1.807) is 0 Å². The van der Waals surface area contributed by atoms with Gasteiger partial charge in [0.05, 0.1) is 6.61 Å². The first-order chi connectivity index (χ1) is 8.53. The summed E-state index contributed by atoms with van der Waals surface area (Å²) in [7, 11) is 0. The van der Waals surface area contributed by atoms with E-state index in [-0.39, 0.29) is 18.1 Å². The molecule has 18 heavy (non-hydrogen) atoms. The summed E-state index contributed by atoms with van der Waals surface area (Å²) in [6.07, 6.45) is 7.08. The zero-order chi connectivity index (χ0) is 14.0. The molecule has 1 atom stereocenters. The molecule has 0 aliphatic heterocycles. The minimum Gasteiger partial charge on any atom is -0.475 e. The molecule has 0 aromatic heterocycles. The summed E-state index contributed by atoms with van der Waals surface area (Å²) in [5.74, 6) is 0.366. The van der Waals surface area contributed by atoms with E-state index in [4.69, 9.17) is 10.1 Å². The van der Waals surface area contributed by atoms with Crippen molar-refractivity contribution in [2.75, 3.05) is 6.61 Å². The van der Waals surface area contributed by atoms with Crippen LogP contribution in [0.5, 0.6) is 0 Å². The van der Waals surface area contributed by atoms with Gasteiger partial charge in [0.15, 0.2) is 5.90 Å². The van der Waals surface area contributed by atoms with Crippen LogP contribution in [0.2, 0.25) is 0 Å². The van der Waals surface area contributed by atoms with Gasteiger partial charge in [-0.2, -0.15) is 0 Å². The van der Waals surface area contributed by atoms with Crippen LogP contribution < -0.4 is 0 Å². The van der Waals surface area contributed by atoms with Crippen LogP contribution >= 0.6 is 0 Å². The van der Waals surface area contributed by atoms with Crippen molar-refractivity contribution in [3.05, 3.63) is 0 Å². The minimum absolute atomic E-state index is 0.00346. The van der Waals surface area contributed by atoms with Crippen molar-refractivity contribution < 1.29 is 9.84 Å². The molecule has 0 aromatic rings. The molecule has 0 amide bonds. The lowest BCUT2D eigenvalue weighted by Crippen LogP contribution is -2.33. The van der Waals surface area contributed by atoms with Gasteiger partial charge < -0.3 is 9.84 Å². The van der Waals surface area contributed by atoms with E-state index in [0.29, 0.717) is 5.90 Å². The number of hydrogen-bond donors (Lipinski definition) is 2. The van der Waals surface area contributed by atoms with Gasteiger partial charge in [-0.15, -0.1) is 0 Å². The quantitative estimate of drug-likeness (QED) is 0.456. The van der Waals surface area contributed by atoms with Crippen LogP contribution in [0.25, 0.3) is 0 Å². The second-order valence-corrected chi connectivity index (χ2v) is 5.43. The highest BCUT2D eigenvalue weighted by atomic mass is 16.5. The predicted molar refractivity (Wildman–Crippen MR) is 77.1 cm³/mol. The normalized spacial score (nSPS) is 13.4. The Morgan fingerprint density at radius 3 is 2.00 bits per heavy atom. The number of aliphatic hydroxyl groups is 1.